The Morgan fingerprint density at radius 1 is 1.03 bits per heavy atom. The topological polar surface area (TPSA) is 49.4 Å². The highest BCUT2D eigenvalue weighted by Gasteiger charge is 2.30. The lowest BCUT2D eigenvalue weighted by atomic mass is 10.1. The van der Waals surface area contributed by atoms with Gasteiger partial charge in [0.25, 0.3) is 11.8 Å². The number of anilines is 1. The van der Waals surface area contributed by atoms with Gasteiger partial charge in [-0.05, 0) is 71.9 Å². The van der Waals surface area contributed by atoms with Gasteiger partial charge in [0.05, 0.1) is 17.1 Å². The molecule has 3 aromatic rings. The van der Waals surface area contributed by atoms with E-state index in [1.165, 1.54) is 36.7 Å². The van der Waals surface area contributed by atoms with Crippen LogP contribution in [0.3, 0.4) is 0 Å². The molecule has 0 aromatic heterocycles. The zero-order chi connectivity index (χ0) is 26.0. The van der Waals surface area contributed by atoms with Crippen LogP contribution < -0.4 is 10.2 Å². The Labute approximate surface area is 226 Å². The molecule has 4 nitrogen and oxygen atoms in total. The maximum atomic E-state index is 13.6. The van der Waals surface area contributed by atoms with E-state index in [-0.39, 0.29) is 24.2 Å². The van der Waals surface area contributed by atoms with E-state index in [1.807, 2.05) is 60.3 Å². The van der Waals surface area contributed by atoms with Crippen LogP contribution in [0.5, 0.6) is 0 Å². The summed E-state index contributed by atoms with van der Waals surface area (Å²) in [5.41, 5.74) is 2.95. The number of nitrogens with zero attached hydrogens (tertiary/aromatic N) is 1. The summed E-state index contributed by atoms with van der Waals surface area (Å²) < 4.78 is 13.5. The second kappa shape index (κ2) is 13.5. The fourth-order valence-corrected chi connectivity index (χ4v) is 5.99. The monoisotopic (exact) mass is 534 g/mol. The minimum Gasteiger partial charge on any atom is -0.352 e. The van der Waals surface area contributed by atoms with Gasteiger partial charge in [-0.2, -0.15) is 11.8 Å². The first-order valence-corrected chi connectivity index (χ1v) is 14.5. The Morgan fingerprint density at radius 3 is 2.54 bits per heavy atom. The van der Waals surface area contributed by atoms with Gasteiger partial charge in [0, 0.05) is 17.0 Å². The molecule has 7 heteroatoms. The lowest BCUT2D eigenvalue weighted by Crippen LogP contribution is -2.34. The predicted molar refractivity (Wildman–Crippen MR) is 153 cm³/mol. The third-order valence-corrected chi connectivity index (χ3v) is 8.16. The molecule has 2 amide bonds. The van der Waals surface area contributed by atoms with Crippen molar-refractivity contribution in [3.05, 3.63) is 100 Å². The normalized spacial score (nSPS) is 14.1. The Kier molecular flexibility index (Phi) is 9.85. The van der Waals surface area contributed by atoms with E-state index in [9.17, 15) is 14.0 Å². The summed E-state index contributed by atoms with van der Waals surface area (Å²) in [4.78, 5) is 29.7. The van der Waals surface area contributed by atoms with Crippen LogP contribution >= 0.6 is 23.5 Å². The lowest BCUT2D eigenvalue weighted by molar-refractivity contribution is -0.114. The van der Waals surface area contributed by atoms with E-state index in [0.717, 1.165) is 33.9 Å². The minimum absolute atomic E-state index is 0.146. The number of fused-ring (bicyclic) bond motifs is 1. The highest BCUT2D eigenvalue weighted by atomic mass is 32.2. The van der Waals surface area contributed by atoms with Crippen molar-refractivity contribution in [2.24, 2.45) is 0 Å². The number of amides is 2. The molecule has 0 atom stereocenters. The van der Waals surface area contributed by atoms with E-state index in [1.54, 1.807) is 23.1 Å². The van der Waals surface area contributed by atoms with Gasteiger partial charge in [0.15, 0.2) is 0 Å². The maximum absolute atomic E-state index is 13.6. The molecule has 0 radical (unpaired) electrons. The van der Waals surface area contributed by atoms with Crippen molar-refractivity contribution in [3.8, 4) is 0 Å². The van der Waals surface area contributed by atoms with Crippen LogP contribution in [0, 0.1) is 5.82 Å². The molecule has 1 aliphatic rings. The fourth-order valence-electron chi connectivity index (χ4n) is 3.91. The standard InChI is InChI=1S/C30H31FN2O2S2/c1-2-3-17-36-18-7-16-32-29(34)24-12-15-27-26(20-24)33(21-23-10-13-25(31)14-11-23)30(35)28(37-27)19-22-8-5-4-6-9-22/h4-6,8-15,19-20H,2-3,7,16-18,21H2,1H3,(H,32,34). The second-order valence-electron chi connectivity index (χ2n) is 8.80. The first-order valence-electron chi connectivity index (χ1n) is 12.6. The average Bonchev–Trinajstić information content (AvgIpc) is 2.92. The molecular weight excluding hydrogens is 503 g/mol. The summed E-state index contributed by atoms with van der Waals surface area (Å²) in [5, 5.41) is 3.00. The van der Waals surface area contributed by atoms with Crippen LogP contribution in [0.15, 0.2) is 82.6 Å². The molecule has 0 spiro atoms. The van der Waals surface area contributed by atoms with Gasteiger partial charge in [-0.3, -0.25) is 9.59 Å². The van der Waals surface area contributed by atoms with Gasteiger partial charge >= 0.3 is 0 Å². The van der Waals surface area contributed by atoms with Crippen molar-refractivity contribution in [1.82, 2.24) is 5.32 Å². The van der Waals surface area contributed by atoms with Gasteiger partial charge < -0.3 is 10.2 Å². The molecule has 0 fully saturated rings. The molecule has 37 heavy (non-hydrogen) atoms. The van der Waals surface area contributed by atoms with E-state index >= 15 is 0 Å². The van der Waals surface area contributed by atoms with Crippen molar-refractivity contribution in [3.63, 3.8) is 0 Å². The molecule has 0 saturated carbocycles. The number of hydrogen-bond acceptors (Lipinski definition) is 4. The summed E-state index contributed by atoms with van der Waals surface area (Å²) in [6.07, 6.45) is 5.22. The van der Waals surface area contributed by atoms with Crippen LogP contribution in [-0.2, 0) is 11.3 Å². The van der Waals surface area contributed by atoms with Crippen molar-refractivity contribution in [1.29, 1.82) is 0 Å². The minimum atomic E-state index is -0.322. The zero-order valence-corrected chi connectivity index (χ0v) is 22.5. The van der Waals surface area contributed by atoms with Gasteiger partial charge in [-0.15, -0.1) is 0 Å². The smallest absolute Gasteiger partial charge is 0.265 e. The predicted octanol–water partition coefficient (Wildman–Crippen LogP) is 7.16. The number of carbonyl (C=O) groups is 2. The quantitative estimate of drug-likeness (QED) is 0.209. The molecule has 1 aliphatic heterocycles. The molecular formula is C30H31FN2O2S2. The number of halogens is 1. The number of benzene rings is 3. The van der Waals surface area contributed by atoms with Crippen LogP contribution in [0.4, 0.5) is 10.1 Å². The second-order valence-corrected chi connectivity index (χ2v) is 11.1. The lowest BCUT2D eigenvalue weighted by Gasteiger charge is -2.31. The Balaban J connectivity index is 1.54. The average molecular weight is 535 g/mol. The number of carbonyl (C=O) groups excluding carboxylic acids is 2. The number of rotatable bonds is 11. The largest absolute Gasteiger partial charge is 0.352 e. The summed E-state index contributed by atoms with van der Waals surface area (Å²) in [6.45, 7) is 3.08. The SMILES string of the molecule is CCCCSCCCNC(=O)c1ccc2c(c1)N(Cc1ccc(F)cc1)C(=O)C(=Cc1ccccc1)S2. The third-order valence-electron chi connectivity index (χ3n) is 5.93. The Morgan fingerprint density at radius 2 is 1.78 bits per heavy atom. The van der Waals surface area contributed by atoms with E-state index in [0.29, 0.717) is 22.7 Å². The summed E-state index contributed by atoms with van der Waals surface area (Å²) in [7, 11) is 0. The van der Waals surface area contributed by atoms with Gasteiger partial charge in [0.1, 0.15) is 5.82 Å². The zero-order valence-electron chi connectivity index (χ0n) is 20.9. The van der Waals surface area contributed by atoms with Crippen LogP contribution in [0.25, 0.3) is 6.08 Å². The molecule has 192 valence electrons. The van der Waals surface area contributed by atoms with Crippen molar-refractivity contribution < 1.29 is 14.0 Å². The Bertz CT molecular complexity index is 1250. The molecule has 0 bridgehead atoms. The Hall–Kier alpha value is -3.03. The number of hydrogen-bond donors (Lipinski definition) is 1. The van der Waals surface area contributed by atoms with Crippen LogP contribution in [0.2, 0.25) is 0 Å². The van der Waals surface area contributed by atoms with E-state index in [4.69, 9.17) is 0 Å². The number of thioether (sulfide) groups is 2. The molecule has 0 saturated heterocycles. The molecule has 1 heterocycles. The van der Waals surface area contributed by atoms with E-state index < -0.39 is 0 Å². The number of nitrogens with one attached hydrogen (secondary N) is 1. The van der Waals surface area contributed by atoms with Gasteiger partial charge in [-0.1, -0.05) is 67.6 Å². The first kappa shape index (κ1) is 27.0. The highest BCUT2D eigenvalue weighted by Crippen LogP contribution is 2.43. The number of unbranched alkanes of at least 4 members (excludes halogenated alkanes) is 1. The van der Waals surface area contributed by atoms with Gasteiger partial charge in [0.2, 0.25) is 0 Å². The molecule has 1 N–H and O–H groups in total. The molecule has 0 unspecified atom stereocenters. The summed E-state index contributed by atoms with van der Waals surface area (Å²) in [5.74, 6) is 1.57. The van der Waals surface area contributed by atoms with E-state index in [2.05, 4.69) is 12.2 Å². The van der Waals surface area contributed by atoms with Crippen LogP contribution in [-0.4, -0.2) is 29.9 Å². The molecule has 0 aliphatic carbocycles. The van der Waals surface area contributed by atoms with Crippen molar-refractivity contribution in [2.45, 2.75) is 37.6 Å². The summed E-state index contributed by atoms with van der Waals surface area (Å²) >= 11 is 3.32. The highest BCUT2D eigenvalue weighted by molar-refractivity contribution is 8.04. The fraction of sp³-hybridized carbons (Fsp3) is 0.267. The maximum Gasteiger partial charge on any atom is 0.265 e. The molecule has 3 aromatic carbocycles. The summed E-state index contributed by atoms with van der Waals surface area (Å²) in [6, 6.07) is 21.4. The first-order chi connectivity index (χ1) is 18.0. The van der Waals surface area contributed by atoms with Gasteiger partial charge in [-0.25, -0.2) is 4.39 Å². The van der Waals surface area contributed by atoms with Crippen molar-refractivity contribution in [2.75, 3.05) is 23.0 Å². The van der Waals surface area contributed by atoms with Crippen molar-refractivity contribution >= 4 is 47.1 Å². The third kappa shape index (κ3) is 7.49. The van der Waals surface area contributed by atoms with Crippen LogP contribution in [0.1, 0.15) is 47.7 Å². The molecule has 4 rings (SSSR count).